The van der Waals surface area contributed by atoms with Crippen LogP contribution in [-0.2, 0) is 0 Å². The minimum absolute atomic E-state index is 0.425. The Morgan fingerprint density at radius 2 is 1.25 bits per heavy atom. The highest BCUT2D eigenvalue weighted by molar-refractivity contribution is 5.48. The Morgan fingerprint density at radius 3 is 1.70 bits per heavy atom. The second-order valence-electron chi connectivity index (χ2n) is 6.53. The molecule has 0 nitrogen and oxygen atoms in total. The van der Waals surface area contributed by atoms with E-state index in [0.717, 1.165) is 0 Å². The summed E-state index contributed by atoms with van der Waals surface area (Å²) in [6.45, 7) is 11.7. The lowest BCUT2D eigenvalue weighted by Gasteiger charge is -2.31. The molecule has 1 aliphatic rings. The normalized spacial score (nSPS) is 17.8. The van der Waals surface area contributed by atoms with E-state index < -0.39 is 0 Å². The van der Waals surface area contributed by atoms with Gasteiger partial charge < -0.3 is 0 Å². The molecule has 1 aliphatic carbocycles. The van der Waals surface area contributed by atoms with Crippen molar-refractivity contribution in [1.82, 2.24) is 0 Å². The molecule has 0 aromatic heterocycles. The van der Waals surface area contributed by atoms with Gasteiger partial charge in [0.2, 0.25) is 0 Å². The Hall–Kier alpha value is -0.520. The Bertz CT molecular complexity index is 337. The van der Waals surface area contributed by atoms with Gasteiger partial charge in [-0.05, 0) is 43.3 Å². The monoisotopic (exact) mass is 276 g/mol. The van der Waals surface area contributed by atoms with Gasteiger partial charge in [-0.15, -0.1) is 0 Å². The molecule has 0 heterocycles. The summed E-state index contributed by atoms with van der Waals surface area (Å²) < 4.78 is 0. The standard InChI is InChI=1S/C20H36/c1-6-11-17-16-20(14-9-4,15-10-5)19(13-8-3)18(17)12-7-2/h16H,6-15H2,1-5H3. The maximum atomic E-state index is 2.71. The predicted octanol–water partition coefficient (Wildman–Crippen LogP) is 7.21. The Labute approximate surface area is 127 Å². The first-order valence-electron chi connectivity index (χ1n) is 9.13. The molecule has 0 saturated heterocycles. The number of hydrogen-bond acceptors (Lipinski definition) is 0. The van der Waals surface area contributed by atoms with E-state index in [2.05, 4.69) is 40.7 Å². The summed E-state index contributed by atoms with van der Waals surface area (Å²) in [7, 11) is 0. The van der Waals surface area contributed by atoms with E-state index >= 15 is 0 Å². The number of rotatable bonds is 10. The van der Waals surface area contributed by atoms with E-state index in [1.165, 1.54) is 64.2 Å². The summed E-state index contributed by atoms with van der Waals surface area (Å²) in [5.41, 5.74) is 5.72. The molecule has 0 N–H and O–H groups in total. The molecular formula is C20H36. The smallest absolute Gasteiger partial charge is 0.0102 e. The zero-order chi connectivity index (χ0) is 15.0. The van der Waals surface area contributed by atoms with Crippen LogP contribution in [0.4, 0.5) is 0 Å². The van der Waals surface area contributed by atoms with Crippen LogP contribution in [0.5, 0.6) is 0 Å². The van der Waals surface area contributed by atoms with Gasteiger partial charge in [0, 0.05) is 5.41 Å². The van der Waals surface area contributed by atoms with Crippen LogP contribution in [-0.4, -0.2) is 0 Å². The second kappa shape index (κ2) is 8.70. The lowest BCUT2D eigenvalue weighted by Crippen LogP contribution is -2.19. The van der Waals surface area contributed by atoms with Crippen molar-refractivity contribution < 1.29 is 0 Å². The fourth-order valence-corrected chi connectivity index (χ4v) is 4.17. The predicted molar refractivity (Wildman–Crippen MR) is 92.1 cm³/mol. The van der Waals surface area contributed by atoms with Crippen molar-refractivity contribution >= 4 is 0 Å². The fraction of sp³-hybridized carbons (Fsp3) is 0.800. The van der Waals surface area contributed by atoms with Crippen LogP contribution in [0.25, 0.3) is 0 Å². The van der Waals surface area contributed by atoms with Crippen LogP contribution in [0.15, 0.2) is 22.8 Å². The van der Waals surface area contributed by atoms with Gasteiger partial charge >= 0.3 is 0 Å². The third-order valence-corrected chi connectivity index (χ3v) is 4.71. The lowest BCUT2D eigenvalue weighted by atomic mass is 9.73. The second-order valence-corrected chi connectivity index (χ2v) is 6.53. The third-order valence-electron chi connectivity index (χ3n) is 4.71. The highest BCUT2D eigenvalue weighted by atomic mass is 14.4. The van der Waals surface area contributed by atoms with E-state index in [4.69, 9.17) is 0 Å². The average Bonchev–Trinajstić information content (AvgIpc) is 2.67. The largest absolute Gasteiger partial charge is 0.0708 e. The molecule has 0 atom stereocenters. The summed E-state index contributed by atoms with van der Waals surface area (Å²) in [4.78, 5) is 0. The molecule has 1 rings (SSSR count). The molecule has 0 heteroatoms. The van der Waals surface area contributed by atoms with E-state index in [9.17, 15) is 0 Å². The van der Waals surface area contributed by atoms with E-state index in [1.807, 2.05) is 5.57 Å². The van der Waals surface area contributed by atoms with Crippen LogP contribution < -0.4 is 0 Å². The molecule has 0 saturated carbocycles. The van der Waals surface area contributed by atoms with Gasteiger partial charge in [0.1, 0.15) is 0 Å². The fourth-order valence-electron chi connectivity index (χ4n) is 4.17. The van der Waals surface area contributed by atoms with Crippen molar-refractivity contribution in [3.8, 4) is 0 Å². The SMILES string of the molecule is CCCC1=CC(CCC)(CCC)C(CCC)=C1CCC. The number of hydrogen-bond donors (Lipinski definition) is 0. The summed E-state index contributed by atoms with van der Waals surface area (Å²) in [5.74, 6) is 0. The van der Waals surface area contributed by atoms with Gasteiger partial charge in [-0.25, -0.2) is 0 Å². The first-order valence-corrected chi connectivity index (χ1v) is 9.13. The van der Waals surface area contributed by atoms with Gasteiger partial charge in [-0.3, -0.25) is 0 Å². The van der Waals surface area contributed by atoms with E-state index in [0.29, 0.717) is 5.41 Å². The molecule has 0 aromatic carbocycles. The minimum Gasteiger partial charge on any atom is -0.0708 e. The molecule has 0 radical (unpaired) electrons. The quantitative estimate of drug-likeness (QED) is 0.395. The van der Waals surface area contributed by atoms with Crippen molar-refractivity contribution in [2.45, 2.75) is 98.8 Å². The summed E-state index contributed by atoms with van der Waals surface area (Å²) in [5, 5.41) is 0. The summed E-state index contributed by atoms with van der Waals surface area (Å²) in [6.07, 6.45) is 15.8. The van der Waals surface area contributed by atoms with Gasteiger partial charge in [0.05, 0.1) is 0 Å². The minimum atomic E-state index is 0.425. The highest BCUT2D eigenvalue weighted by Crippen LogP contribution is 2.51. The third kappa shape index (κ3) is 3.77. The lowest BCUT2D eigenvalue weighted by molar-refractivity contribution is 0.370. The molecule has 0 aliphatic heterocycles. The van der Waals surface area contributed by atoms with Gasteiger partial charge in [0.25, 0.3) is 0 Å². The van der Waals surface area contributed by atoms with E-state index in [1.54, 1.807) is 11.1 Å². The van der Waals surface area contributed by atoms with Crippen molar-refractivity contribution in [2.24, 2.45) is 5.41 Å². The molecular weight excluding hydrogens is 240 g/mol. The van der Waals surface area contributed by atoms with Crippen LogP contribution >= 0.6 is 0 Å². The van der Waals surface area contributed by atoms with Gasteiger partial charge in [-0.2, -0.15) is 0 Å². The molecule has 0 bridgehead atoms. The van der Waals surface area contributed by atoms with Crippen LogP contribution in [0.3, 0.4) is 0 Å². The van der Waals surface area contributed by atoms with Gasteiger partial charge in [-0.1, -0.05) is 78.4 Å². The molecule has 0 unspecified atom stereocenters. The van der Waals surface area contributed by atoms with Crippen LogP contribution in [0.2, 0.25) is 0 Å². The first-order chi connectivity index (χ1) is 9.68. The molecule has 20 heavy (non-hydrogen) atoms. The molecule has 0 aromatic rings. The maximum absolute atomic E-state index is 2.71. The average molecular weight is 277 g/mol. The zero-order valence-corrected chi connectivity index (χ0v) is 14.6. The zero-order valence-electron chi connectivity index (χ0n) is 14.6. The topological polar surface area (TPSA) is 0 Å². The van der Waals surface area contributed by atoms with E-state index in [-0.39, 0.29) is 0 Å². The van der Waals surface area contributed by atoms with Crippen molar-refractivity contribution in [3.05, 3.63) is 22.8 Å². The molecule has 116 valence electrons. The first kappa shape index (κ1) is 17.5. The molecule has 0 amide bonds. The van der Waals surface area contributed by atoms with Crippen LogP contribution in [0, 0.1) is 5.41 Å². The van der Waals surface area contributed by atoms with Crippen molar-refractivity contribution in [3.63, 3.8) is 0 Å². The summed E-state index contributed by atoms with van der Waals surface area (Å²) >= 11 is 0. The Balaban J connectivity index is 3.23. The Morgan fingerprint density at radius 1 is 0.700 bits per heavy atom. The summed E-state index contributed by atoms with van der Waals surface area (Å²) in [6, 6.07) is 0. The van der Waals surface area contributed by atoms with Gasteiger partial charge in [0.15, 0.2) is 0 Å². The van der Waals surface area contributed by atoms with Crippen molar-refractivity contribution in [2.75, 3.05) is 0 Å². The highest BCUT2D eigenvalue weighted by Gasteiger charge is 2.37. The Kier molecular flexibility index (Phi) is 7.62. The molecule has 0 fully saturated rings. The van der Waals surface area contributed by atoms with Crippen molar-refractivity contribution in [1.29, 1.82) is 0 Å². The maximum Gasteiger partial charge on any atom is 0.0102 e. The molecule has 0 spiro atoms. The van der Waals surface area contributed by atoms with Crippen LogP contribution in [0.1, 0.15) is 98.8 Å². The number of allylic oxidation sites excluding steroid dienone is 4.